The summed E-state index contributed by atoms with van der Waals surface area (Å²) < 4.78 is 5.63. The van der Waals surface area contributed by atoms with Crippen LogP contribution >= 0.6 is 0 Å². The maximum absolute atomic E-state index is 5.63. The molecule has 19 heavy (non-hydrogen) atoms. The summed E-state index contributed by atoms with van der Waals surface area (Å²) in [5, 5.41) is 11.6. The molecule has 0 spiro atoms. The molecule has 0 aliphatic rings. The summed E-state index contributed by atoms with van der Waals surface area (Å²) in [6, 6.07) is 3.86. The maximum Gasteiger partial charge on any atom is 0.233 e. The summed E-state index contributed by atoms with van der Waals surface area (Å²) in [5.74, 6) is 1.18. The van der Waals surface area contributed by atoms with Gasteiger partial charge in [0.1, 0.15) is 0 Å². The summed E-state index contributed by atoms with van der Waals surface area (Å²) in [6.45, 7) is 12.2. The van der Waals surface area contributed by atoms with Crippen LogP contribution in [0.3, 0.4) is 0 Å². The number of nitrogens with one attached hydrogen (secondary N) is 1. The standard InChI is InChI=1S/C15H27N3O/c1-6-7-12(2)11-19-14-9-8-13(17-18-14)10-16-15(3,4)5/h8-9,12,16H,6-7,10-11H2,1-5H3. The van der Waals surface area contributed by atoms with Crippen molar-refractivity contribution in [2.75, 3.05) is 6.61 Å². The zero-order valence-corrected chi connectivity index (χ0v) is 12.9. The Morgan fingerprint density at radius 3 is 2.53 bits per heavy atom. The summed E-state index contributed by atoms with van der Waals surface area (Å²) in [5.41, 5.74) is 1.02. The van der Waals surface area contributed by atoms with Gasteiger partial charge in [-0.05, 0) is 39.2 Å². The minimum absolute atomic E-state index is 0.0897. The Morgan fingerprint density at radius 1 is 1.26 bits per heavy atom. The molecule has 0 fully saturated rings. The van der Waals surface area contributed by atoms with Gasteiger partial charge >= 0.3 is 0 Å². The van der Waals surface area contributed by atoms with E-state index < -0.39 is 0 Å². The van der Waals surface area contributed by atoms with Crippen LogP contribution in [-0.4, -0.2) is 22.3 Å². The van der Waals surface area contributed by atoms with Crippen LogP contribution in [0.2, 0.25) is 0 Å². The van der Waals surface area contributed by atoms with E-state index in [1.54, 1.807) is 0 Å². The molecule has 1 rings (SSSR count). The van der Waals surface area contributed by atoms with Crippen LogP contribution in [0.5, 0.6) is 5.88 Å². The molecule has 0 amide bonds. The smallest absolute Gasteiger partial charge is 0.233 e. The third-order valence-corrected chi connectivity index (χ3v) is 2.79. The van der Waals surface area contributed by atoms with Gasteiger partial charge in [0.25, 0.3) is 0 Å². The normalized spacial score (nSPS) is 13.3. The van der Waals surface area contributed by atoms with Crippen molar-refractivity contribution in [3.8, 4) is 5.88 Å². The molecule has 1 aromatic rings. The lowest BCUT2D eigenvalue weighted by atomic mass is 10.1. The highest BCUT2D eigenvalue weighted by atomic mass is 16.5. The minimum Gasteiger partial charge on any atom is -0.476 e. The van der Waals surface area contributed by atoms with E-state index in [0.717, 1.165) is 12.2 Å². The second-order valence-corrected chi connectivity index (χ2v) is 6.17. The predicted octanol–water partition coefficient (Wildman–Crippen LogP) is 3.18. The average Bonchev–Trinajstić information content (AvgIpc) is 2.34. The Hall–Kier alpha value is -1.16. The van der Waals surface area contributed by atoms with E-state index in [1.165, 1.54) is 12.8 Å². The molecule has 0 radical (unpaired) electrons. The van der Waals surface area contributed by atoms with Crippen LogP contribution in [0.4, 0.5) is 0 Å². The molecule has 0 aromatic carbocycles. The lowest BCUT2D eigenvalue weighted by molar-refractivity contribution is 0.240. The van der Waals surface area contributed by atoms with Gasteiger partial charge in [-0.15, -0.1) is 5.10 Å². The fourth-order valence-corrected chi connectivity index (χ4v) is 1.68. The topological polar surface area (TPSA) is 47.0 Å². The quantitative estimate of drug-likeness (QED) is 0.822. The summed E-state index contributed by atoms with van der Waals surface area (Å²) in [7, 11) is 0. The first-order valence-corrected chi connectivity index (χ1v) is 7.11. The first kappa shape index (κ1) is 15.9. The Morgan fingerprint density at radius 2 is 2.00 bits per heavy atom. The molecule has 0 saturated carbocycles. The molecule has 1 heterocycles. The second kappa shape index (κ2) is 7.43. The SMILES string of the molecule is CCCC(C)COc1ccc(CNC(C)(C)C)nn1. The van der Waals surface area contributed by atoms with Crippen molar-refractivity contribution >= 4 is 0 Å². The first-order valence-electron chi connectivity index (χ1n) is 7.11. The predicted molar refractivity (Wildman–Crippen MR) is 78.2 cm³/mol. The average molecular weight is 265 g/mol. The van der Waals surface area contributed by atoms with Crippen LogP contribution in [0.15, 0.2) is 12.1 Å². The van der Waals surface area contributed by atoms with Crippen LogP contribution in [0.1, 0.15) is 53.2 Å². The Labute approximate surface area is 117 Å². The van der Waals surface area contributed by atoms with E-state index in [-0.39, 0.29) is 5.54 Å². The number of hydrogen-bond donors (Lipinski definition) is 1. The third-order valence-electron chi connectivity index (χ3n) is 2.79. The molecule has 108 valence electrons. The van der Waals surface area contributed by atoms with Crippen LogP contribution in [0.25, 0.3) is 0 Å². The van der Waals surface area contributed by atoms with Gasteiger partial charge < -0.3 is 10.1 Å². The van der Waals surface area contributed by atoms with E-state index in [0.29, 0.717) is 18.4 Å². The van der Waals surface area contributed by atoms with Gasteiger partial charge in [0, 0.05) is 18.2 Å². The fourth-order valence-electron chi connectivity index (χ4n) is 1.68. The van der Waals surface area contributed by atoms with Crippen LogP contribution < -0.4 is 10.1 Å². The molecule has 4 heteroatoms. The van der Waals surface area contributed by atoms with Gasteiger partial charge in [-0.25, -0.2) is 0 Å². The number of aromatic nitrogens is 2. The van der Waals surface area contributed by atoms with Gasteiger partial charge in [0.05, 0.1) is 12.3 Å². The number of rotatable bonds is 7. The lowest BCUT2D eigenvalue weighted by Crippen LogP contribution is -2.35. The van der Waals surface area contributed by atoms with Gasteiger partial charge in [-0.2, -0.15) is 5.10 Å². The summed E-state index contributed by atoms with van der Waals surface area (Å²) in [6.07, 6.45) is 2.37. The lowest BCUT2D eigenvalue weighted by Gasteiger charge is -2.19. The minimum atomic E-state index is 0.0897. The van der Waals surface area contributed by atoms with Gasteiger partial charge in [0.15, 0.2) is 0 Å². The van der Waals surface area contributed by atoms with Crippen LogP contribution in [-0.2, 0) is 6.54 Å². The van der Waals surface area contributed by atoms with Crippen molar-refractivity contribution < 1.29 is 4.74 Å². The van der Waals surface area contributed by atoms with Crippen molar-refractivity contribution in [1.82, 2.24) is 15.5 Å². The first-order chi connectivity index (χ1) is 8.90. The van der Waals surface area contributed by atoms with Crippen molar-refractivity contribution in [2.45, 2.75) is 59.5 Å². The third kappa shape index (κ3) is 7.11. The van der Waals surface area contributed by atoms with Gasteiger partial charge in [0.2, 0.25) is 5.88 Å². The largest absolute Gasteiger partial charge is 0.476 e. The Balaban J connectivity index is 2.39. The van der Waals surface area contributed by atoms with Crippen LogP contribution in [0, 0.1) is 5.92 Å². The second-order valence-electron chi connectivity index (χ2n) is 6.17. The highest BCUT2D eigenvalue weighted by Crippen LogP contribution is 2.10. The molecule has 0 bridgehead atoms. The van der Waals surface area contributed by atoms with Gasteiger partial charge in [-0.3, -0.25) is 0 Å². The summed E-state index contributed by atoms with van der Waals surface area (Å²) in [4.78, 5) is 0. The fraction of sp³-hybridized carbons (Fsp3) is 0.733. The van der Waals surface area contributed by atoms with E-state index in [2.05, 4.69) is 50.1 Å². The van der Waals surface area contributed by atoms with Crippen molar-refractivity contribution in [2.24, 2.45) is 5.92 Å². The molecule has 0 aliphatic heterocycles. The molecular formula is C15H27N3O. The Kier molecular flexibility index (Phi) is 6.22. The maximum atomic E-state index is 5.63. The zero-order valence-electron chi connectivity index (χ0n) is 12.9. The molecule has 1 N–H and O–H groups in total. The monoisotopic (exact) mass is 265 g/mol. The molecule has 1 aromatic heterocycles. The molecule has 1 unspecified atom stereocenters. The van der Waals surface area contributed by atoms with E-state index in [9.17, 15) is 0 Å². The molecule has 0 aliphatic carbocycles. The van der Waals surface area contributed by atoms with Crippen molar-refractivity contribution in [1.29, 1.82) is 0 Å². The zero-order chi connectivity index (χ0) is 14.3. The highest BCUT2D eigenvalue weighted by Gasteiger charge is 2.09. The van der Waals surface area contributed by atoms with Gasteiger partial charge in [-0.1, -0.05) is 20.3 Å². The summed E-state index contributed by atoms with van der Waals surface area (Å²) >= 11 is 0. The van der Waals surface area contributed by atoms with E-state index in [1.807, 2.05) is 12.1 Å². The molecule has 0 saturated heterocycles. The Bertz CT molecular complexity index is 357. The molecule has 1 atom stereocenters. The highest BCUT2D eigenvalue weighted by molar-refractivity contribution is 5.11. The van der Waals surface area contributed by atoms with E-state index >= 15 is 0 Å². The molecular weight excluding hydrogens is 238 g/mol. The molecule has 4 nitrogen and oxygen atoms in total. The number of ether oxygens (including phenoxy) is 1. The number of nitrogens with zero attached hydrogens (tertiary/aromatic N) is 2. The van der Waals surface area contributed by atoms with E-state index in [4.69, 9.17) is 4.74 Å². The number of hydrogen-bond acceptors (Lipinski definition) is 4. The van der Waals surface area contributed by atoms with Crippen molar-refractivity contribution in [3.63, 3.8) is 0 Å². The van der Waals surface area contributed by atoms with Crippen molar-refractivity contribution in [3.05, 3.63) is 17.8 Å².